The van der Waals surface area contributed by atoms with Crippen LogP contribution in [-0.2, 0) is 30.5 Å². The Kier molecular flexibility index (Phi) is 7.41. The number of hydrogen-bond acceptors (Lipinski definition) is 3. The molecule has 0 bridgehead atoms. The second-order valence-corrected chi connectivity index (χ2v) is 8.36. The van der Waals surface area contributed by atoms with Crippen molar-refractivity contribution in [3.05, 3.63) is 53.1 Å². The molecule has 3 atom stereocenters. The Morgan fingerprint density at radius 1 is 1.26 bits per heavy atom. The molecule has 0 spiro atoms. The van der Waals surface area contributed by atoms with E-state index < -0.39 is 30.4 Å². The third-order valence-electron chi connectivity index (χ3n) is 6.24. The molecule has 8 heteroatoms. The fraction of sp³-hybridized carbons (Fsp3) is 0.565. The van der Waals surface area contributed by atoms with Crippen molar-refractivity contribution in [3.63, 3.8) is 0 Å². The first kappa shape index (κ1) is 23.3. The molecule has 31 heavy (non-hydrogen) atoms. The average Bonchev–Trinajstić information content (AvgIpc) is 3.32. The minimum absolute atomic E-state index is 0.0384. The monoisotopic (exact) mass is 438 g/mol. The smallest absolute Gasteiger partial charge is 0.435 e. The molecular formula is C23H29F3N2O3. The van der Waals surface area contributed by atoms with Crippen LogP contribution < -0.4 is 0 Å². The highest BCUT2D eigenvalue weighted by molar-refractivity contribution is 5.76. The molecule has 1 aromatic carbocycles. The molecule has 1 fully saturated rings. The van der Waals surface area contributed by atoms with Gasteiger partial charge in [0.15, 0.2) is 5.69 Å². The Labute approximate surface area is 179 Å². The zero-order chi connectivity index (χ0) is 22.6. The second kappa shape index (κ2) is 9.85. The minimum Gasteiger partial charge on any atom is -0.481 e. The number of alkyl halides is 3. The van der Waals surface area contributed by atoms with Crippen LogP contribution >= 0.6 is 0 Å². The largest absolute Gasteiger partial charge is 0.481 e. The molecule has 1 aliphatic carbocycles. The number of aliphatic hydroxyl groups excluding tert-OH is 1. The third-order valence-corrected chi connectivity index (χ3v) is 6.24. The number of aliphatic carboxylic acids is 1. The maximum absolute atomic E-state index is 13.5. The van der Waals surface area contributed by atoms with Gasteiger partial charge < -0.3 is 14.8 Å². The number of aryl methyl sites for hydroxylation is 1. The summed E-state index contributed by atoms with van der Waals surface area (Å²) in [6.07, 6.45) is -0.618. The summed E-state index contributed by atoms with van der Waals surface area (Å²) < 4.78 is 41.9. The number of rotatable bonds is 9. The molecule has 1 saturated carbocycles. The molecule has 3 unspecified atom stereocenters. The topological polar surface area (TPSA) is 75.4 Å². The molecule has 1 aliphatic rings. The Morgan fingerprint density at radius 2 is 1.97 bits per heavy atom. The van der Waals surface area contributed by atoms with Crippen LogP contribution in [-0.4, -0.2) is 25.7 Å². The normalized spacial score (nSPS) is 20.2. The molecule has 0 amide bonds. The molecule has 0 aliphatic heterocycles. The quantitative estimate of drug-likeness (QED) is 0.576. The van der Waals surface area contributed by atoms with E-state index in [2.05, 4.69) is 4.98 Å². The predicted octanol–water partition coefficient (Wildman–Crippen LogP) is 5.02. The highest BCUT2D eigenvalue weighted by Gasteiger charge is 2.40. The maximum atomic E-state index is 13.5. The van der Waals surface area contributed by atoms with E-state index in [1.807, 2.05) is 37.3 Å². The summed E-state index contributed by atoms with van der Waals surface area (Å²) in [6, 6.07) is 9.09. The summed E-state index contributed by atoms with van der Waals surface area (Å²) in [4.78, 5) is 15.8. The summed E-state index contributed by atoms with van der Waals surface area (Å²) in [5.41, 5.74) is -0.453. The molecule has 3 rings (SSSR count). The van der Waals surface area contributed by atoms with Gasteiger partial charge in [0.05, 0.1) is 18.2 Å². The number of aromatic nitrogens is 2. The van der Waals surface area contributed by atoms with E-state index in [0.29, 0.717) is 38.1 Å². The van der Waals surface area contributed by atoms with Crippen LogP contribution in [0.5, 0.6) is 0 Å². The molecule has 2 N–H and O–H groups in total. The number of carboxylic acid groups (broad SMARTS) is 1. The average molecular weight is 438 g/mol. The number of carbonyl (C=O) groups is 1. The molecule has 1 heterocycles. The second-order valence-electron chi connectivity index (χ2n) is 8.36. The van der Waals surface area contributed by atoms with E-state index in [4.69, 9.17) is 0 Å². The Morgan fingerprint density at radius 3 is 2.55 bits per heavy atom. The number of carboxylic acids is 1. The van der Waals surface area contributed by atoms with Crippen molar-refractivity contribution in [2.45, 2.75) is 70.7 Å². The Balaban J connectivity index is 1.83. The lowest BCUT2D eigenvalue weighted by atomic mass is 9.84. The number of benzene rings is 1. The highest BCUT2D eigenvalue weighted by atomic mass is 19.4. The molecule has 5 nitrogen and oxygen atoms in total. The first-order valence-electron chi connectivity index (χ1n) is 10.8. The van der Waals surface area contributed by atoms with Gasteiger partial charge in [0.25, 0.3) is 0 Å². The van der Waals surface area contributed by atoms with E-state index in [9.17, 15) is 28.2 Å². The van der Waals surface area contributed by atoms with Gasteiger partial charge in [-0.15, -0.1) is 0 Å². The number of nitrogens with zero attached hydrogens (tertiary/aromatic N) is 2. The molecule has 170 valence electrons. The van der Waals surface area contributed by atoms with Crippen molar-refractivity contribution in [1.82, 2.24) is 9.55 Å². The van der Waals surface area contributed by atoms with Gasteiger partial charge in [0.1, 0.15) is 5.82 Å². The number of hydrogen-bond donors (Lipinski definition) is 2. The van der Waals surface area contributed by atoms with E-state index in [-0.39, 0.29) is 17.5 Å². The molecule has 1 aromatic heterocycles. The van der Waals surface area contributed by atoms with Crippen LogP contribution in [0.2, 0.25) is 0 Å². The predicted molar refractivity (Wildman–Crippen MR) is 109 cm³/mol. The van der Waals surface area contributed by atoms with E-state index >= 15 is 0 Å². The van der Waals surface area contributed by atoms with Gasteiger partial charge in [0, 0.05) is 13.0 Å². The summed E-state index contributed by atoms with van der Waals surface area (Å²) in [6.45, 7) is 1.55. The van der Waals surface area contributed by atoms with Crippen molar-refractivity contribution in [2.24, 2.45) is 11.8 Å². The van der Waals surface area contributed by atoms with Gasteiger partial charge in [-0.1, -0.05) is 43.7 Å². The molecule has 2 aromatic rings. The van der Waals surface area contributed by atoms with E-state index in [0.717, 1.165) is 18.4 Å². The van der Waals surface area contributed by atoms with Crippen molar-refractivity contribution in [2.75, 3.05) is 0 Å². The summed E-state index contributed by atoms with van der Waals surface area (Å²) in [5.74, 6) is -1.20. The zero-order valence-electron chi connectivity index (χ0n) is 17.6. The third kappa shape index (κ3) is 5.29. The standard InChI is InChI=1S/C23H29F3N2O3/c1-2-3-9-19-27-21(23(24,25)26)18(14-29)28(19)13-15-10-11-17(12-15)20(22(30)31)16-7-5-4-6-8-16/h4-8,15,17,20,29H,2-3,9-14H2,1H3,(H,30,31). The summed E-state index contributed by atoms with van der Waals surface area (Å²) in [5, 5.41) is 19.5. The van der Waals surface area contributed by atoms with Crippen LogP contribution in [0.3, 0.4) is 0 Å². The van der Waals surface area contributed by atoms with Crippen molar-refractivity contribution >= 4 is 5.97 Å². The lowest BCUT2D eigenvalue weighted by Crippen LogP contribution is -2.21. The fourth-order valence-corrected chi connectivity index (χ4v) is 4.78. The van der Waals surface area contributed by atoms with Crippen LogP contribution in [0.1, 0.15) is 67.7 Å². The molecule has 0 radical (unpaired) electrons. The number of imidazole rings is 1. The zero-order valence-corrected chi connectivity index (χ0v) is 17.6. The maximum Gasteiger partial charge on any atom is 0.435 e. The lowest BCUT2D eigenvalue weighted by molar-refractivity contribution is -0.142. The minimum atomic E-state index is -4.62. The number of aliphatic hydroxyl groups is 1. The number of unbranched alkanes of at least 4 members (excludes halogenated alkanes) is 1. The van der Waals surface area contributed by atoms with Crippen molar-refractivity contribution in [1.29, 1.82) is 0 Å². The first-order chi connectivity index (χ1) is 14.8. The van der Waals surface area contributed by atoms with Gasteiger partial charge in [-0.05, 0) is 43.1 Å². The van der Waals surface area contributed by atoms with Gasteiger partial charge in [-0.3, -0.25) is 4.79 Å². The van der Waals surface area contributed by atoms with Crippen LogP contribution in [0, 0.1) is 11.8 Å². The lowest BCUT2D eigenvalue weighted by Gasteiger charge is -2.21. The highest BCUT2D eigenvalue weighted by Crippen LogP contribution is 2.42. The van der Waals surface area contributed by atoms with Crippen molar-refractivity contribution in [3.8, 4) is 0 Å². The number of halogens is 3. The van der Waals surface area contributed by atoms with Gasteiger partial charge >= 0.3 is 12.1 Å². The van der Waals surface area contributed by atoms with Crippen molar-refractivity contribution < 1.29 is 28.2 Å². The molecular weight excluding hydrogens is 409 g/mol. The Bertz CT molecular complexity index is 880. The van der Waals surface area contributed by atoms with Gasteiger partial charge in [0.2, 0.25) is 0 Å². The molecule has 0 saturated heterocycles. The Hall–Kier alpha value is -2.35. The van der Waals surface area contributed by atoms with Crippen LogP contribution in [0.4, 0.5) is 13.2 Å². The van der Waals surface area contributed by atoms with Crippen LogP contribution in [0.25, 0.3) is 0 Å². The van der Waals surface area contributed by atoms with Crippen LogP contribution in [0.15, 0.2) is 30.3 Å². The first-order valence-corrected chi connectivity index (χ1v) is 10.8. The summed E-state index contributed by atoms with van der Waals surface area (Å²) >= 11 is 0. The van der Waals surface area contributed by atoms with Gasteiger partial charge in [-0.2, -0.15) is 13.2 Å². The van der Waals surface area contributed by atoms with E-state index in [1.54, 1.807) is 0 Å². The summed E-state index contributed by atoms with van der Waals surface area (Å²) in [7, 11) is 0. The fourth-order valence-electron chi connectivity index (χ4n) is 4.78. The van der Waals surface area contributed by atoms with Gasteiger partial charge in [-0.25, -0.2) is 4.98 Å². The SMILES string of the molecule is CCCCc1nc(C(F)(F)F)c(CO)n1CC1CCC(C(C(=O)O)c2ccccc2)C1. The van der Waals surface area contributed by atoms with E-state index in [1.165, 1.54) is 4.57 Å².